The van der Waals surface area contributed by atoms with E-state index < -0.39 is 29.7 Å². The van der Waals surface area contributed by atoms with Gasteiger partial charge in [-0.05, 0) is 20.8 Å². The number of hydrogen-bond acceptors (Lipinski definition) is 7. The number of nitrogens with zero attached hydrogens (tertiary/aromatic N) is 2. The zero-order chi connectivity index (χ0) is 18.6. The van der Waals surface area contributed by atoms with Gasteiger partial charge in [-0.25, -0.2) is 0 Å². The Kier molecular flexibility index (Phi) is 5.97. The molecule has 0 fully saturated rings. The van der Waals surface area contributed by atoms with E-state index in [0.29, 0.717) is 17.8 Å². The Labute approximate surface area is 144 Å². The number of carbonyl (C=O) groups excluding carboxylic acids is 1. The van der Waals surface area contributed by atoms with Crippen molar-refractivity contribution in [3.8, 4) is 5.75 Å². The van der Waals surface area contributed by atoms with Crippen molar-refractivity contribution in [2.75, 3.05) is 6.61 Å². The first-order chi connectivity index (χ1) is 11.9. The predicted molar refractivity (Wildman–Crippen MR) is 88.3 cm³/mol. The van der Waals surface area contributed by atoms with Gasteiger partial charge >= 0.3 is 5.97 Å². The van der Waals surface area contributed by atoms with Crippen LogP contribution in [0, 0.1) is 6.92 Å². The molecule has 0 bridgehead atoms. The molecule has 0 unspecified atom stereocenters. The van der Waals surface area contributed by atoms with E-state index in [4.69, 9.17) is 9.15 Å². The summed E-state index contributed by atoms with van der Waals surface area (Å²) in [6.07, 6.45) is 1.61. The van der Waals surface area contributed by atoms with Crippen molar-refractivity contribution in [1.82, 2.24) is 9.78 Å². The van der Waals surface area contributed by atoms with Gasteiger partial charge in [-0.1, -0.05) is 0 Å². The standard InChI is InChI=1S/C17H22N2O6/c1-4-19-8-13(10(3)18-19)12(7-15(22)24-5-2)17-16(23)14(21)6-11(9-20)25-17/h6,8,12,20,23H,4-5,7,9H2,1-3H3/t12-/m1/s1. The van der Waals surface area contributed by atoms with Crippen LogP contribution in [0.1, 0.15) is 49.0 Å². The second kappa shape index (κ2) is 7.98. The number of esters is 1. The van der Waals surface area contributed by atoms with Gasteiger partial charge in [0.1, 0.15) is 12.4 Å². The summed E-state index contributed by atoms with van der Waals surface area (Å²) in [5, 5.41) is 23.8. The summed E-state index contributed by atoms with van der Waals surface area (Å²) < 4.78 is 12.2. The number of aromatic nitrogens is 2. The van der Waals surface area contributed by atoms with Gasteiger partial charge < -0.3 is 19.4 Å². The van der Waals surface area contributed by atoms with Crippen LogP contribution in [0.25, 0.3) is 0 Å². The van der Waals surface area contributed by atoms with Gasteiger partial charge in [-0.3, -0.25) is 14.3 Å². The highest BCUT2D eigenvalue weighted by Gasteiger charge is 2.29. The predicted octanol–water partition coefficient (Wildman–Crippen LogP) is 1.45. The minimum Gasteiger partial charge on any atom is -0.502 e. The van der Waals surface area contributed by atoms with E-state index in [1.165, 1.54) is 0 Å². The van der Waals surface area contributed by atoms with Crippen molar-refractivity contribution in [2.45, 2.75) is 46.3 Å². The topological polar surface area (TPSA) is 115 Å². The maximum absolute atomic E-state index is 12.0. The van der Waals surface area contributed by atoms with Gasteiger partial charge in [0.05, 0.1) is 24.6 Å². The van der Waals surface area contributed by atoms with Gasteiger partial charge in [0.25, 0.3) is 0 Å². The summed E-state index contributed by atoms with van der Waals surface area (Å²) in [5.41, 5.74) is 0.607. The summed E-state index contributed by atoms with van der Waals surface area (Å²) in [4.78, 5) is 24.0. The van der Waals surface area contributed by atoms with E-state index in [1.807, 2.05) is 6.92 Å². The van der Waals surface area contributed by atoms with Gasteiger partial charge in [-0.2, -0.15) is 5.10 Å². The Morgan fingerprint density at radius 1 is 1.44 bits per heavy atom. The van der Waals surface area contributed by atoms with Crippen molar-refractivity contribution in [2.24, 2.45) is 0 Å². The first-order valence-electron chi connectivity index (χ1n) is 8.07. The van der Waals surface area contributed by atoms with Crippen molar-refractivity contribution >= 4 is 5.97 Å². The fourth-order valence-electron chi connectivity index (χ4n) is 2.64. The third kappa shape index (κ3) is 4.08. The fraction of sp³-hybridized carbons (Fsp3) is 0.471. The third-order valence-electron chi connectivity index (χ3n) is 3.83. The molecule has 0 amide bonds. The number of aromatic hydroxyl groups is 1. The molecule has 25 heavy (non-hydrogen) atoms. The van der Waals surface area contributed by atoms with Gasteiger partial charge in [-0.15, -0.1) is 0 Å². The molecule has 2 aromatic rings. The number of hydrogen-bond donors (Lipinski definition) is 2. The molecule has 8 heteroatoms. The highest BCUT2D eigenvalue weighted by atomic mass is 16.5. The lowest BCUT2D eigenvalue weighted by Gasteiger charge is -2.16. The van der Waals surface area contributed by atoms with Crippen molar-refractivity contribution in [3.05, 3.63) is 45.3 Å². The SMILES string of the molecule is CCOC(=O)C[C@H](c1cn(CC)nc1C)c1oc(CO)cc(=O)c1O. The molecule has 136 valence electrons. The molecule has 0 aromatic carbocycles. The summed E-state index contributed by atoms with van der Waals surface area (Å²) in [6, 6.07) is 1.02. The molecule has 2 rings (SSSR count). The van der Waals surface area contributed by atoms with Crippen LogP contribution in [0.5, 0.6) is 5.75 Å². The average molecular weight is 350 g/mol. The molecule has 0 saturated heterocycles. The van der Waals surface area contributed by atoms with Gasteiger partial charge in [0.2, 0.25) is 11.2 Å². The number of aryl methyl sites for hydroxylation is 2. The van der Waals surface area contributed by atoms with E-state index in [-0.39, 0.29) is 24.5 Å². The van der Waals surface area contributed by atoms with Crippen LogP contribution in [-0.4, -0.2) is 32.6 Å². The average Bonchev–Trinajstić information content (AvgIpc) is 2.96. The van der Waals surface area contributed by atoms with E-state index in [2.05, 4.69) is 5.10 Å². The molecular weight excluding hydrogens is 328 g/mol. The maximum atomic E-state index is 12.0. The number of aliphatic hydroxyl groups is 1. The van der Waals surface area contributed by atoms with Gasteiger partial charge in [0.15, 0.2) is 5.76 Å². The van der Waals surface area contributed by atoms with Crippen LogP contribution in [0.4, 0.5) is 0 Å². The van der Waals surface area contributed by atoms with Crippen molar-refractivity contribution in [1.29, 1.82) is 0 Å². The van der Waals surface area contributed by atoms with Crippen LogP contribution in [-0.2, 0) is 22.7 Å². The van der Waals surface area contributed by atoms with Crippen molar-refractivity contribution < 1.29 is 24.2 Å². The second-order valence-electron chi connectivity index (χ2n) is 5.54. The molecule has 0 radical (unpaired) electrons. The van der Waals surface area contributed by atoms with E-state index in [9.17, 15) is 19.8 Å². The lowest BCUT2D eigenvalue weighted by atomic mass is 9.92. The molecule has 8 nitrogen and oxygen atoms in total. The minimum atomic E-state index is -0.751. The Morgan fingerprint density at radius 3 is 2.72 bits per heavy atom. The number of aliphatic hydroxyl groups excluding tert-OH is 1. The van der Waals surface area contributed by atoms with E-state index in [1.54, 1.807) is 24.7 Å². The van der Waals surface area contributed by atoms with Crippen molar-refractivity contribution in [3.63, 3.8) is 0 Å². The smallest absolute Gasteiger partial charge is 0.306 e. The van der Waals surface area contributed by atoms with E-state index >= 15 is 0 Å². The lowest BCUT2D eigenvalue weighted by molar-refractivity contribution is -0.143. The molecule has 2 N–H and O–H groups in total. The zero-order valence-electron chi connectivity index (χ0n) is 14.5. The largest absolute Gasteiger partial charge is 0.502 e. The molecule has 0 spiro atoms. The molecular formula is C17H22N2O6. The monoisotopic (exact) mass is 350 g/mol. The number of ether oxygens (including phenoxy) is 1. The lowest BCUT2D eigenvalue weighted by Crippen LogP contribution is -2.15. The third-order valence-corrected chi connectivity index (χ3v) is 3.83. The van der Waals surface area contributed by atoms with Crippen LogP contribution >= 0.6 is 0 Å². The molecule has 0 saturated carbocycles. The molecule has 0 aliphatic carbocycles. The van der Waals surface area contributed by atoms with Crippen LogP contribution in [0.2, 0.25) is 0 Å². The van der Waals surface area contributed by atoms with Gasteiger partial charge in [0, 0.05) is 24.4 Å². The highest BCUT2D eigenvalue weighted by Crippen LogP contribution is 2.34. The van der Waals surface area contributed by atoms with E-state index in [0.717, 1.165) is 6.07 Å². The van der Waals surface area contributed by atoms with Crippen LogP contribution in [0.3, 0.4) is 0 Å². The Bertz CT molecular complexity index is 808. The summed E-state index contributed by atoms with van der Waals surface area (Å²) >= 11 is 0. The quantitative estimate of drug-likeness (QED) is 0.726. The fourth-order valence-corrected chi connectivity index (χ4v) is 2.64. The Morgan fingerprint density at radius 2 is 2.16 bits per heavy atom. The molecule has 2 heterocycles. The summed E-state index contributed by atoms with van der Waals surface area (Å²) in [7, 11) is 0. The van der Waals surface area contributed by atoms with Crippen LogP contribution in [0.15, 0.2) is 21.5 Å². The minimum absolute atomic E-state index is 0.00666. The van der Waals surface area contributed by atoms with Crippen LogP contribution < -0.4 is 5.43 Å². The second-order valence-corrected chi connectivity index (χ2v) is 5.54. The number of rotatable bonds is 7. The molecule has 0 aliphatic heterocycles. The maximum Gasteiger partial charge on any atom is 0.306 e. The Balaban J connectivity index is 2.59. The molecule has 2 aromatic heterocycles. The Hall–Kier alpha value is -2.61. The normalized spacial score (nSPS) is 12.2. The summed E-state index contributed by atoms with van der Waals surface area (Å²) in [5.74, 6) is -1.91. The first-order valence-corrected chi connectivity index (χ1v) is 8.07. The zero-order valence-corrected chi connectivity index (χ0v) is 14.5. The first kappa shape index (κ1) is 18.7. The highest BCUT2D eigenvalue weighted by molar-refractivity contribution is 5.71. The molecule has 1 atom stereocenters. The summed E-state index contributed by atoms with van der Waals surface area (Å²) in [6.45, 7) is 5.72. The molecule has 0 aliphatic rings. The number of carbonyl (C=O) groups is 1.